The summed E-state index contributed by atoms with van der Waals surface area (Å²) in [6.45, 7) is 0.216. The van der Waals surface area contributed by atoms with Crippen LogP contribution in [0.4, 0.5) is 5.69 Å². The number of anilines is 1. The summed E-state index contributed by atoms with van der Waals surface area (Å²) in [7, 11) is 1.30. The fraction of sp³-hybridized carbons (Fsp3) is 0.273. The van der Waals surface area contributed by atoms with Gasteiger partial charge in [-0.25, -0.2) is 0 Å². The van der Waals surface area contributed by atoms with Gasteiger partial charge in [0.15, 0.2) is 0 Å². The highest BCUT2D eigenvalue weighted by atomic mass is 35.5. The molecule has 0 heterocycles. The molecule has 0 aliphatic carbocycles. The van der Waals surface area contributed by atoms with E-state index in [-0.39, 0.29) is 24.8 Å². The summed E-state index contributed by atoms with van der Waals surface area (Å²) in [5, 5.41) is 2.97. The van der Waals surface area contributed by atoms with Crippen LogP contribution in [0, 0.1) is 0 Å². The van der Waals surface area contributed by atoms with Gasteiger partial charge in [-0.3, -0.25) is 9.59 Å². The number of rotatable bonds is 4. The summed E-state index contributed by atoms with van der Waals surface area (Å²) >= 11 is 5.73. The molecule has 3 N–H and O–H groups in total. The molecule has 5 nitrogen and oxygen atoms in total. The van der Waals surface area contributed by atoms with Crippen molar-refractivity contribution in [3.05, 3.63) is 28.8 Å². The maximum Gasteiger partial charge on any atom is 0.307 e. The fourth-order valence-corrected chi connectivity index (χ4v) is 1.28. The molecule has 1 rings (SSSR count). The molecule has 0 aliphatic rings. The van der Waals surface area contributed by atoms with Gasteiger partial charge in [-0.1, -0.05) is 11.6 Å². The van der Waals surface area contributed by atoms with E-state index in [1.165, 1.54) is 13.2 Å². The maximum atomic E-state index is 11.6. The summed E-state index contributed by atoms with van der Waals surface area (Å²) < 4.78 is 4.44. The second kappa shape index (κ2) is 6.10. The molecule has 0 saturated heterocycles. The number of hydrogen-bond donors (Lipinski definition) is 2. The molecule has 0 fully saturated rings. The van der Waals surface area contributed by atoms with Crippen LogP contribution < -0.4 is 11.1 Å². The summed E-state index contributed by atoms with van der Waals surface area (Å²) in [5.74, 6) is -0.682. The monoisotopic (exact) mass is 256 g/mol. The van der Waals surface area contributed by atoms with Crippen LogP contribution in [0.2, 0.25) is 5.02 Å². The number of nitrogens with one attached hydrogen (secondary N) is 1. The number of amides is 1. The molecule has 1 amide bonds. The molecule has 0 radical (unpaired) electrons. The van der Waals surface area contributed by atoms with Crippen molar-refractivity contribution in [3.63, 3.8) is 0 Å². The Morgan fingerprint density at radius 2 is 2.18 bits per heavy atom. The zero-order valence-electron chi connectivity index (χ0n) is 9.33. The molecule has 1 aromatic carbocycles. The third kappa shape index (κ3) is 3.96. The highest BCUT2D eigenvalue weighted by Crippen LogP contribution is 2.19. The number of hydrogen-bond acceptors (Lipinski definition) is 4. The van der Waals surface area contributed by atoms with E-state index >= 15 is 0 Å². The molecule has 0 spiro atoms. The zero-order valence-corrected chi connectivity index (χ0v) is 10.1. The summed E-state index contributed by atoms with van der Waals surface area (Å²) in [4.78, 5) is 22.4. The van der Waals surface area contributed by atoms with Gasteiger partial charge in [0.2, 0.25) is 0 Å². The lowest BCUT2D eigenvalue weighted by molar-refractivity contribution is -0.140. The topological polar surface area (TPSA) is 81.4 Å². The van der Waals surface area contributed by atoms with Crippen LogP contribution in [0.15, 0.2) is 18.2 Å². The molecule has 92 valence electrons. The second-order valence-corrected chi connectivity index (χ2v) is 3.73. The number of methoxy groups -OCH3 is 1. The van der Waals surface area contributed by atoms with Crippen molar-refractivity contribution >= 4 is 29.2 Å². The third-order valence-corrected chi connectivity index (χ3v) is 2.44. The van der Waals surface area contributed by atoms with Crippen LogP contribution in [0.5, 0.6) is 0 Å². The Labute approximate surface area is 104 Å². The highest BCUT2D eigenvalue weighted by Gasteiger charge is 2.08. The van der Waals surface area contributed by atoms with E-state index in [0.717, 1.165) is 0 Å². The lowest BCUT2D eigenvalue weighted by Crippen LogP contribution is -2.26. The molecule has 0 unspecified atom stereocenters. The Balaban J connectivity index is 2.52. The molecular weight excluding hydrogens is 244 g/mol. The third-order valence-electron chi connectivity index (χ3n) is 2.10. The van der Waals surface area contributed by atoms with E-state index in [9.17, 15) is 9.59 Å². The van der Waals surface area contributed by atoms with Gasteiger partial charge < -0.3 is 15.8 Å². The minimum absolute atomic E-state index is 0.130. The number of carbonyl (C=O) groups excluding carboxylic acids is 2. The Kier molecular flexibility index (Phi) is 4.78. The molecule has 0 aliphatic heterocycles. The van der Waals surface area contributed by atoms with Crippen molar-refractivity contribution in [3.8, 4) is 0 Å². The Hall–Kier alpha value is -1.75. The lowest BCUT2D eigenvalue weighted by Gasteiger charge is -2.05. The molecule has 0 atom stereocenters. The number of nitrogens with two attached hydrogens (primary N) is 1. The number of esters is 1. The molecule has 1 aromatic rings. The SMILES string of the molecule is COC(=O)CCNC(=O)c1ccc(Cl)c(N)c1. The summed E-state index contributed by atoms with van der Waals surface area (Å²) in [6.07, 6.45) is 0.130. The average molecular weight is 257 g/mol. The molecule has 0 saturated carbocycles. The van der Waals surface area contributed by atoms with Crippen molar-refractivity contribution in [2.24, 2.45) is 0 Å². The molecule has 6 heteroatoms. The van der Waals surface area contributed by atoms with E-state index in [1.54, 1.807) is 12.1 Å². The van der Waals surface area contributed by atoms with E-state index in [2.05, 4.69) is 10.1 Å². The van der Waals surface area contributed by atoms with Crippen LogP contribution in [-0.2, 0) is 9.53 Å². The fourth-order valence-electron chi connectivity index (χ4n) is 1.17. The largest absolute Gasteiger partial charge is 0.469 e. The Morgan fingerprint density at radius 1 is 1.47 bits per heavy atom. The number of ether oxygens (including phenoxy) is 1. The van der Waals surface area contributed by atoms with Gasteiger partial charge in [0, 0.05) is 12.1 Å². The summed E-state index contributed by atoms with van der Waals surface area (Å²) in [5.41, 5.74) is 6.31. The standard InChI is InChI=1S/C11H13ClN2O3/c1-17-10(15)4-5-14-11(16)7-2-3-8(12)9(13)6-7/h2-3,6H,4-5,13H2,1H3,(H,14,16). The zero-order chi connectivity index (χ0) is 12.8. The van der Waals surface area contributed by atoms with Crippen molar-refractivity contribution in [2.75, 3.05) is 19.4 Å². The van der Waals surface area contributed by atoms with Gasteiger partial charge in [-0.05, 0) is 18.2 Å². The van der Waals surface area contributed by atoms with Crippen molar-refractivity contribution in [2.45, 2.75) is 6.42 Å². The van der Waals surface area contributed by atoms with Gasteiger partial charge in [0.05, 0.1) is 24.2 Å². The van der Waals surface area contributed by atoms with Crippen LogP contribution in [0.1, 0.15) is 16.8 Å². The summed E-state index contributed by atoms with van der Waals surface area (Å²) in [6, 6.07) is 4.59. The number of halogens is 1. The Bertz CT molecular complexity index is 435. The molecular formula is C11H13ClN2O3. The van der Waals surface area contributed by atoms with Crippen molar-refractivity contribution in [1.29, 1.82) is 0 Å². The van der Waals surface area contributed by atoms with Gasteiger partial charge >= 0.3 is 5.97 Å². The Morgan fingerprint density at radius 3 is 2.76 bits per heavy atom. The predicted molar refractivity (Wildman–Crippen MR) is 64.8 cm³/mol. The van der Waals surface area contributed by atoms with Gasteiger partial charge in [0.25, 0.3) is 5.91 Å². The second-order valence-electron chi connectivity index (χ2n) is 3.32. The smallest absolute Gasteiger partial charge is 0.307 e. The first kappa shape index (κ1) is 13.3. The highest BCUT2D eigenvalue weighted by molar-refractivity contribution is 6.33. The minimum atomic E-state index is -0.374. The molecule has 0 aromatic heterocycles. The van der Waals surface area contributed by atoms with Gasteiger partial charge in [0.1, 0.15) is 0 Å². The van der Waals surface area contributed by atoms with E-state index in [1.807, 2.05) is 0 Å². The van der Waals surface area contributed by atoms with E-state index in [4.69, 9.17) is 17.3 Å². The number of nitrogen functional groups attached to an aromatic ring is 1. The lowest BCUT2D eigenvalue weighted by atomic mass is 10.2. The van der Waals surface area contributed by atoms with Crippen LogP contribution in [-0.4, -0.2) is 25.5 Å². The number of benzene rings is 1. The van der Waals surface area contributed by atoms with Crippen LogP contribution >= 0.6 is 11.6 Å². The van der Waals surface area contributed by atoms with Crippen molar-refractivity contribution < 1.29 is 14.3 Å². The van der Waals surface area contributed by atoms with E-state index in [0.29, 0.717) is 16.3 Å². The number of carbonyl (C=O) groups is 2. The first-order valence-corrected chi connectivity index (χ1v) is 5.32. The van der Waals surface area contributed by atoms with Crippen LogP contribution in [0.3, 0.4) is 0 Å². The minimum Gasteiger partial charge on any atom is -0.469 e. The maximum absolute atomic E-state index is 11.6. The van der Waals surface area contributed by atoms with Crippen LogP contribution in [0.25, 0.3) is 0 Å². The first-order valence-electron chi connectivity index (χ1n) is 4.94. The first-order chi connectivity index (χ1) is 8.04. The predicted octanol–water partition coefficient (Wildman–Crippen LogP) is 1.22. The quantitative estimate of drug-likeness (QED) is 0.627. The van der Waals surface area contributed by atoms with Crippen molar-refractivity contribution in [1.82, 2.24) is 5.32 Å². The molecule has 17 heavy (non-hydrogen) atoms. The van der Waals surface area contributed by atoms with Gasteiger partial charge in [-0.15, -0.1) is 0 Å². The molecule has 0 bridgehead atoms. The normalized spacial score (nSPS) is 9.76. The average Bonchev–Trinajstić information content (AvgIpc) is 2.32. The van der Waals surface area contributed by atoms with E-state index < -0.39 is 0 Å². The van der Waals surface area contributed by atoms with Gasteiger partial charge in [-0.2, -0.15) is 0 Å².